The SMILES string of the molecule is CN(C)CCOc1ccc(Cl)c2ccccc12. The zero-order chi connectivity index (χ0) is 12.3. The molecular weight excluding hydrogens is 234 g/mol. The average Bonchev–Trinajstić information content (AvgIpc) is 2.32. The Bertz CT molecular complexity index is 511. The molecule has 3 heteroatoms. The van der Waals surface area contributed by atoms with Crippen LogP contribution in [0.5, 0.6) is 5.75 Å². The molecule has 90 valence electrons. The standard InChI is InChI=1S/C14H16ClNO/c1-16(2)9-10-17-14-8-7-13(15)11-5-3-4-6-12(11)14/h3-8H,9-10H2,1-2H3. The fourth-order valence-electron chi connectivity index (χ4n) is 1.70. The molecule has 0 heterocycles. The summed E-state index contributed by atoms with van der Waals surface area (Å²) in [5.74, 6) is 0.895. The monoisotopic (exact) mass is 249 g/mol. The maximum atomic E-state index is 6.15. The zero-order valence-electron chi connectivity index (χ0n) is 10.1. The minimum absolute atomic E-state index is 0.679. The van der Waals surface area contributed by atoms with Gasteiger partial charge in [-0.15, -0.1) is 0 Å². The summed E-state index contributed by atoms with van der Waals surface area (Å²) in [5, 5.41) is 2.87. The van der Waals surface area contributed by atoms with Gasteiger partial charge < -0.3 is 9.64 Å². The number of hydrogen-bond donors (Lipinski definition) is 0. The van der Waals surface area contributed by atoms with Gasteiger partial charge in [0.25, 0.3) is 0 Å². The van der Waals surface area contributed by atoms with Crippen LogP contribution in [0, 0.1) is 0 Å². The van der Waals surface area contributed by atoms with Crippen molar-refractivity contribution in [2.24, 2.45) is 0 Å². The topological polar surface area (TPSA) is 12.5 Å². The third-order valence-corrected chi connectivity index (χ3v) is 2.96. The lowest BCUT2D eigenvalue weighted by molar-refractivity contribution is 0.263. The van der Waals surface area contributed by atoms with Crippen molar-refractivity contribution in [2.45, 2.75) is 0 Å². The van der Waals surface area contributed by atoms with Gasteiger partial charge >= 0.3 is 0 Å². The first-order valence-corrected chi connectivity index (χ1v) is 6.01. The normalized spacial score (nSPS) is 11.1. The second-order valence-corrected chi connectivity index (χ2v) is 4.65. The highest BCUT2D eigenvalue weighted by atomic mass is 35.5. The van der Waals surface area contributed by atoms with Crippen molar-refractivity contribution >= 4 is 22.4 Å². The van der Waals surface area contributed by atoms with Gasteiger partial charge in [0.2, 0.25) is 0 Å². The third-order valence-electron chi connectivity index (χ3n) is 2.63. The summed E-state index contributed by atoms with van der Waals surface area (Å²) in [5.41, 5.74) is 0. The average molecular weight is 250 g/mol. The van der Waals surface area contributed by atoms with Gasteiger partial charge in [-0.05, 0) is 26.2 Å². The van der Waals surface area contributed by atoms with Gasteiger partial charge in [0.05, 0.1) is 0 Å². The van der Waals surface area contributed by atoms with Gasteiger partial charge in [0.1, 0.15) is 12.4 Å². The summed E-state index contributed by atoms with van der Waals surface area (Å²) in [6.45, 7) is 1.58. The Kier molecular flexibility index (Phi) is 3.87. The molecule has 0 spiro atoms. The highest BCUT2D eigenvalue weighted by Gasteiger charge is 2.04. The highest BCUT2D eigenvalue weighted by molar-refractivity contribution is 6.35. The molecular formula is C14H16ClNO. The minimum Gasteiger partial charge on any atom is -0.492 e. The van der Waals surface area contributed by atoms with Crippen molar-refractivity contribution in [1.82, 2.24) is 4.90 Å². The summed E-state index contributed by atoms with van der Waals surface area (Å²) < 4.78 is 5.78. The molecule has 0 aromatic heterocycles. The Hall–Kier alpha value is -1.25. The molecule has 2 aromatic rings. The Morgan fingerprint density at radius 1 is 1.06 bits per heavy atom. The molecule has 0 saturated heterocycles. The van der Waals surface area contributed by atoms with Gasteiger partial charge in [-0.3, -0.25) is 0 Å². The van der Waals surface area contributed by atoms with Crippen molar-refractivity contribution in [3.8, 4) is 5.75 Å². The summed E-state index contributed by atoms with van der Waals surface area (Å²) >= 11 is 6.15. The second-order valence-electron chi connectivity index (χ2n) is 4.24. The van der Waals surface area contributed by atoms with Crippen LogP contribution < -0.4 is 4.74 Å². The van der Waals surface area contributed by atoms with Crippen LogP contribution in [0.1, 0.15) is 0 Å². The molecule has 0 aliphatic heterocycles. The quantitative estimate of drug-likeness (QED) is 0.823. The Labute approximate surface area is 107 Å². The maximum absolute atomic E-state index is 6.15. The Morgan fingerprint density at radius 3 is 2.47 bits per heavy atom. The van der Waals surface area contributed by atoms with E-state index in [-0.39, 0.29) is 0 Å². The fourth-order valence-corrected chi connectivity index (χ4v) is 1.93. The van der Waals surface area contributed by atoms with Crippen molar-refractivity contribution in [3.05, 3.63) is 41.4 Å². The second kappa shape index (κ2) is 5.39. The van der Waals surface area contributed by atoms with E-state index in [1.807, 2.05) is 50.5 Å². The van der Waals surface area contributed by atoms with Gasteiger partial charge in [-0.1, -0.05) is 35.9 Å². The molecule has 0 N–H and O–H groups in total. The predicted octanol–water partition coefficient (Wildman–Crippen LogP) is 3.43. The molecule has 0 aliphatic carbocycles. The van der Waals surface area contributed by atoms with Gasteiger partial charge in [0.15, 0.2) is 0 Å². The van der Waals surface area contributed by atoms with E-state index in [1.54, 1.807) is 0 Å². The first-order valence-electron chi connectivity index (χ1n) is 5.63. The van der Waals surface area contributed by atoms with Crippen LogP contribution in [-0.2, 0) is 0 Å². The lowest BCUT2D eigenvalue weighted by Gasteiger charge is -2.13. The van der Waals surface area contributed by atoms with E-state index in [9.17, 15) is 0 Å². The van der Waals surface area contributed by atoms with Crippen LogP contribution in [0.3, 0.4) is 0 Å². The van der Waals surface area contributed by atoms with Gasteiger partial charge in [-0.2, -0.15) is 0 Å². The number of hydrogen-bond acceptors (Lipinski definition) is 2. The molecule has 0 saturated carbocycles. The summed E-state index contributed by atoms with van der Waals surface area (Å²) in [6.07, 6.45) is 0. The lowest BCUT2D eigenvalue weighted by atomic mass is 10.1. The first-order chi connectivity index (χ1) is 8.18. The lowest BCUT2D eigenvalue weighted by Crippen LogP contribution is -2.19. The third kappa shape index (κ3) is 2.90. The van der Waals surface area contributed by atoms with Gasteiger partial charge in [0, 0.05) is 22.3 Å². The molecule has 0 amide bonds. The molecule has 0 bridgehead atoms. The summed E-state index contributed by atoms with van der Waals surface area (Å²) in [4.78, 5) is 2.10. The van der Waals surface area contributed by atoms with E-state index < -0.39 is 0 Å². The zero-order valence-corrected chi connectivity index (χ0v) is 10.9. The van der Waals surface area contributed by atoms with E-state index in [4.69, 9.17) is 16.3 Å². The van der Waals surface area contributed by atoms with Crippen molar-refractivity contribution in [1.29, 1.82) is 0 Å². The summed E-state index contributed by atoms with van der Waals surface area (Å²) in [7, 11) is 4.06. The molecule has 2 nitrogen and oxygen atoms in total. The number of fused-ring (bicyclic) bond motifs is 1. The molecule has 2 aromatic carbocycles. The number of ether oxygens (including phenoxy) is 1. The van der Waals surface area contributed by atoms with Crippen LogP contribution >= 0.6 is 11.6 Å². The largest absolute Gasteiger partial charge is 0.492 e. The van der Waals surface area contributed by atoms with E-state index in [0.717, 1.165) is 28.1 Å². The number of rotatable bonds is 4. The first kappa shape index (κ1) is 12.2. The van der Waals surface area contributed by atoms with E-state index in [0.29, 0.717) is 6.61 Å². The van der Waals surface area contributed by atoms with Crippen LogP contribution in [0.25, 0.3) is 10.8 Å². The number of nitrogens with zero attached hydrogens (tertiary/aromatic N) is 1. The molecule has 0 atom stereocenters. The molecule has 0 aliphatic rings. The van der Waals surface area contributed by atoms with Crippen LogP contribution in [0.15, 0.2) is 36.4 Å². The van der Waals surface area contributed by atoms with Gasteiger partial charge in [-0.25, -0.2) is 0 Å². The number of halogens is 1. The smallest absolute Gasteiger partial charge is 0.127 e. The van der Waals surface area contributed by atoms with E-state index >= 15 is 0 Å². The van der Waals surface area contributed by atoms with Crippen LogP contribution in [0.2, 0.25) is 5.02 Å². The molecule has 17 heavy (non-hydrogen) atoms. The maximum Gasteiger partial charge on any atom is 0.127 e. The van der Waals surface area contributed by atoms with Crippen molar-refractivity contribution < 1.29 is 4.74 Å². The molecule has 0 radical (unpaired) electrons. The highest BCUT2D eigenvalue weighted by Crippen LogP contribution is 2.31. The molecule has 0 unspecified atom stereocenters. The minimum atomic E-state index is 0.679. The molecule has 0 fully saturated rings. The number of likely N-dealkylation sites (N-methyl/N-ethyl adjacent to an activating group) is 1. The Morgan fingerprint density at radius 2 is 1.76 bits per heavy atom. The Balaban J connectivity index is 2.26. The summed E-state index contributed by atoms with van der Waals surface area (Å²) in [6, 6.07) is 11.8. The predicted molar refractivity (Wildman–Crippen MR) is 73.0 cm³/mol. The van der Waals surface area contributed by atoms with E-state index in [2.05, 4.69) is 4.90 Å². The van der Waals surface area contributed by atoms with Crippen LogP contribution in [0.4, 0.5) is 0 Å². The van der Waals surface area contributed by atoms with Crippen molar-refractivity contribution in [3.63, 3.8) is 0 Å². The van der Waals surface area contributed by atoms with E-state index in [1.165, 1.54) is 0 Å². The van der Waals surface area contributed by atoms with Crippen LogP contribution in [-0.4, -0.2) is 32.1 Å². The molecule has 2 rings (SSSR count). The number of benzene rings is 2. The van der Waals surface area contributed by atoms with Crippen molar-refractivity contribution in [2.75, 3.05) is 27.2 Å². The fraction of sp³-hybridized carbons (Fsp3) is 0.286.